The van der Waals surface area contributed by atoms with Crippen molar-refractivity contribution in [1.82, 2.24) is 25.2 Å². The Hall–Kier alpha value is -4.65. The van der Waals surface area contributed by atoms with Gasteiger partial charge >= 0.3 is 12.3 Å². The number of fused-ring (bicyclic) bond motifs is 3. The second-order valence-corrected chi connectivity index (χ2v) is 18.2. The summed E-state index contributed by atoms with van der Waals surface area (Å²) in [6, 6.07) is 4.10. The number of carbonyl (C=O) groups is 4. The van der Waals surface area contributed by atoms with E-state index in [9.17, 15) is 40.8 Å². The van der Waals surface area contributed by atoms with Crippen LogP contribution in [0, 0.1) is 17.8 Å². The van der Waals surface area contributed by atoms with Gasteiger partial charge in [0.15, 0.2) is 0 Å². The van der Waals surface area contributed by atoms with Crippen LogP contribution < -0.4 is 24.8 Å². The van der Waals surface area contributed by atoms with Gasteiger partial charge in [-0.15, -0.1) is 0 Å². The first-order valence-corrected chi connectivity index (χ1v) is 20.8. The fourth-order valence-corrected chi connectivity index (χ4v) is 9.01. The van der Waals surface area contributed by atoms with E-state index in [0.29, 0.717) is 50.7 Å². The van der Waals surface area contributed by atoms with Gasteiger partial charge < -0.3 is 34.5 Å². The first-order chi connectivity index (χ1) is 27.3. The van der Waals surface area contributed by atoms with Gasteiger partial charge in [-0.05, 0) is 87.9 Å². The number of rotatable bonds is 10. The zero-order valence-electron chi connectivity index (χ0n) is 33.0. The second-order valence-electron chi connectivity index (χ2n) is 16.2. The predicted molar refractivity (Wildman–Crippen MR) is 203 cm³/mol. The van der Waals surface area contributed by atoms with Crippen LogP contribution in [0.4, 0.5) is 18.0 Å². The van der Waals surface area contributed by atoms with Crippen molar-refractivity contribution < 1.29 is 59.7 Å². The lowest BCUT2D eigenvalue weighted by molar-refractivity contribution is -0.244. The Balaban J connectivity index is 1.37. The highest BCUT2D eigenvalue weighted by molar-refractivity contribution is 7.91. The molecule has 6 rings (SSSR count). The average molecular weight is 838 g/mol. The molecule has 1 saturated heterocycles. The summed E-state index contributed by atoms with van der Waals surface area (Å²) >= 11 is 0. The number of sulfonamides is 1. The molecule has 7 atom stereocenters. The summed E-state index contributed by atoms with van der Waals surface area (Å²) in [6.07, 6.45) is -0.0381. The number of ether oxygens (including phenoxy) is 4. The van der Waals surface area contributed by atoms with Crippen LogP contribution >= 0.6 is 0 Å². The van der Waals surface area contributed by atoms with E-state index in [-0.39, 0.29) is 44.2 Å². The number of allylic oxidation sites excluding steroid dienone is 1. The summed E-state index contributed by atoms with van der Waals surface area (Å²) in [5.41, 5.74) is -4.56. The number of benzene rings is 1. The first kappa shape index (κ1) is 42.9. The van der Waals surface area contributed by atoms with Gasteiger partial charge in [0.05, 0.1) is 25.5 Å². The summed E-state index contributed by atoms with van der Waals surface area (Å²) in [7, 11) is -1.08. The van der Waals surface area contributed by atoms with Crippen LogP contribution in [0.25, 0.3) is 10.8 Å². The number of amides is 4. The van der Waals surface area contributed by atoms with Gasteiger partial charge in [-0.25, -0.2) is 18.2 Å². The van der Waals surface area contributed by atoms with Crippen LogP contribution in [0.3, 0.4) is 0 Å². The second kappa shape index (κ2) is 16.5. The van der Waals surface area contributed by atoms with E-state index in [1.54, 1.807) is 30.3 Å². The number of nitrogens with one attached hydrogen (secondary N) is 3. The lowest BCUT2D eigenvalue weighted by Gasteiger charge is -2.35. The molecule has 2 aliphatic heterocycles. The van der Waals surface area contributed by atoms with Crippen molar-refractivity contribution in [3.8, 4) is 11.6 Å². The van der Waals surface area contributed by atoms with Crippen LogP contribution in [0.2, 0.25) is 0 Å². The van der Waals surface area contributed by atoms with Gasteiger partial charge in [-0.3, -0.25) is 19.1 Å². The van der Waals surface area contributed by atoms with Crippen molar-refractivity contribution in [1.29, 1.82) is 0 Å². The standard InChI is InChI=1S/C39H50F3N5O10S/c1-22-8-6-7-9-25-19-38(25,35(50)46-58(52,53)28-11-12-28)45-32(48)30-18-27(56-33-29-13-10-26(55-5)17-23(29)14-15-43-33)20-47(30)34(49)31(24(16-22)21-54-4)44-36(51)57-37(2,3)39(40,41)42/h7,9-10,13-15,17,22,24-25,27-28,30-31H,6,8,11-12,16,18-21H2,1-5H3,(H,44,51)(H,45,48)(H,46,50)/b9-7-/t22-,24-,25+,27+,30-,31-,38+/m0/s1. The van der Waals surface area contributed by atoms with Crippen molar-refractivity contribution >= 4 is 44.6 Å². The first-order valence-electron chi connectivity index (χ1n) is 19.3. The summed E-state index contributed by atoms with van der Waals surface area (Å²) in [6.45, 7) is 2.95. The van der Waals surface area contributed by atoms with Crippen molar-refractivity contribution in [3.63, 3.8) is 0 Å². The molecule has 4 aliphatic rings. The lowest BCUT2D eigenvalue weighted by atomic mass is 9.87. The summed E-state index contributed by atoms with van der Waals surface area (Å²) in [5, 5.41) is 5.79. The highest BCUT2D eigenvalue weighted by Gasteiger charge is 2.62. The normalized spacial score (nSPS) is 28.9. The van der Waals surface area contributed by atoms with E-state index in [1.165, 1.54) is 25.3 Å². The number of alkyl carbamates (subject to hydrolysis) is 1. The molecule has 0 radical (unpaired) electrons. The summed E-state index contributed by atoms with van der Waals surface area (Å²) in [5.74, 6) is -3.19. The van der Waals surface area contributed by atoms with E-state index in [4.69, 9.17) is 18.9 Å². The molecule has 2 aromatic rings. The van der Waals surface area contributed by atoms with Crippen LogP contribution in [0.1, 0.15) is 65.7 Å². The number of nitrogens with zero attached hydrogens (tertiary/aromatic N) is 2. The molecule has 4 amide bonds. The third kappa shape index (κ3) is 9.29. The maximum absolute atomic E-state index is 14.9. The quantitative estimate of drug-likeness (QED) is 0.292. The van der Waals surface area contributed by atoms with Crippen molar-refractivity contribution in [2.24, 2.45) is 17.8 Å². The van der Waals surface area contributed by atoms with Crippen LogP contribution in [0.15, 0.2) is 42.6 Å². The molecule has 2 saturated carbocycles. The SMILES string of the molecule is COC[C@@H]1C[C@@H](C)CC/C=C\[C@@H]2C[C@@]2(C(=O)NS(=O)(=O)C2CC2)NC(=O)[C@@H]2C[C@@H](Oc3nccc4cc(OC)ccc34)CN2C(=O)[C@H]1NC(=O)OC(C)(C)C(F)(F)F. The van der Waals surface area contributed by atoms with Crippen LogP contribution in [0.5, 0.6) is 11.6 Å². The van der Waals surface area contributed by atoms with Gasteiger partial charge in [-0.2, -0.15) is 13.2 Å². The molecule has 15 nitrogen and oxygen atoms in total. The molecule has 19 heteroatoms. The van der Waals surface area contributed by atoms with Crippen molar-refractivity contribution in [2.75, 3.05) is 27.4 Å². The van der Waals surface area contributed by atoms with E-state index >= 15 is 0 Å². The molecule has 3 N–H and O–H groups in total. The predicted octanol–water partition coefficient (Wildman–Crippen LogP) is 4.15. The zero-order valence-corrected chi connectivity index (χ0v) is 33.8. The van der Waals surface area contributed by atoms with Crippen LogP contribution in [-0.4, -0.2) is 110 Å². The van der Waals surface area contributed by atoms with Gasteiger partial charge in [0, 0.05) is 36.9 Å². The number of hydrogen-bond acceptors (Lipinski definition) is 11. The zero-order chi connectivity index (χ0) is 42.2. The number of carbonyl (C=O) groups excluding carboxylic acids is 4. The summed E-state index contributed by atoms with van der Waals surface area (Å²) < 4.78 is 91.3. The van der Waals surface area contributed by atoms with E-state index < -0.39 is 86.4 Å². The van der Waals surface area contributed by atoms with Gasteiger partial charge in [-0.1, -0.05) is 19.1 Å². The Morgan fingerprint density at radius 2 is 1.83 bits per heavy atom. The maximum Gasteiger partial charge on any atom is 0.427 e. The Morgan fingerprint density at radius 1 is 1.09 bits per heavy atom. The van der Waals surface area contributed by atoms with E-state index in [1.807, 2.05) is 13.0 Å². The van der Waals surface area contributed by atoms with Crippen molar-refractivity contribution in [2.45, 2.75) is 106 Å². The molecule has 2 aliphatic carbocycles. The lowest BCUT2D eigenvalue weighted by Crippen LogP contribution is -2.60. The van der Waals surface area contributed by atoms with Crippen molar-refractivity contribution in [3.05, 3.63) is 42.6 Å². The fraction of sp³-hybridized carbons (Fsp3) is 0.615. The minimum atomic E-state index is -4.94. The highest BCUT2D eigenvalue weighted by atomic mass is 32.2. The third-order valence-electron chi connectivity index (χ3n) is 11.3. The van der Waals surface area contributed by atoms with E-state index in [0.717, 1.165) is 5.39 Å². The molecule has 1 aromatic heterocycles. The number of halogens is 3. The Labute approximate surface area is 334 Å². The molecule has 0 unspecified atom stereocenters. The fourth-order valence-electron chi connectivity index (χ4n) is 7.65. The Morgan fingerprint density at radius 3 is 2.50 bits per heavy atom. The number of hydrogen-bond donors (Lipinski definition) is 3. The molecule has 58 heavy (non-hydrogen) atoms. The molecule has 3 fully saturated rings. The minimum absolute atomic E-state index is 0.0889. The Bertz CT molecular complexity index is 2040. The van der Waals surface area contributed by atoms with Gasteiger partial charge in [0.25, 0.3) is 5.91 Å². The third-order valence-corrected chi connectivity index (χ3v) is 13.2. The number of alkyl halides is 3. The molecule has 0 bridgehead atoms. The number of methoxy groups -OCH3 is 2. The number of aromatic nitrogens is 1. The van der Waals surface area contributed by atoms with E-state index in [2.05, 4.69) is 20.3 Å². The summed E-state index contributed by atoms with van der Waals surface area (Å²) in [4.78, 5) is 62.0. The maximum atomic E-state index is 14.9. The Kier molecular flexibility index (Phi) is 12.2. The molecule has 1 aromatic carbocycles. The molecule has 318 valence electrons. The molecule has 3 heterocycles. The molecule has 0 spiro atoms. The average Bonchev–Trinajstić information content (AvgIpc) is 4.08. The topological polar surface area (TPSA) is 192 Å². The number of pyridine rings is 1. The molecular formula is C39H50F3N5O10S. The van der Waals surface area contributed by atoms with Crippen LogP contribution in [-0.2, 0) is 33.9 Å². The van der Waals surface area contributed by atoms with Gasteiger partial charge in [0.1, 0.15) is 29.5 Å². The minimum Gasteiger partial charge on any atom is -0.497 e. The monoisotopic (exact) mass is 837 g/mol. The highest BCUT2D eigenvalue weighted by Crippen LogP contribution is 2.46. The largest absolute Gasteiger partial charge is 0.497 e. The van der Waals surface area contributed by atoms with Gasteiger partial charge in [0.2, 0.25) is 33.3 Å². The smallest absolute Gasteiger partial charge is 0.427 e. The molecular weight excluding hydrogens is 788 g/mol.